The van der Waals surface area contributed by atoms with E-state index < -0.39 is 11.6 Å². The summed E-state index contributed by atoms with van der Waals surface area (Å²) >= 11 is 1.67. The Morgan fingerprint density at radius 1 is 1.11 bits per heavy atom. The summed E-state index contributed by atoms with van der Waals surface area (Å²) in [5, 5.41) is 9.26. The summed E-state index contributed by atoms with van der Waals surface area (Å²) in [6, 6.07) is 11.8. The van der Waals surface area contributed by atoms with Gasteiger partial charge in [-0.2, -0.15) is 0 Å². The number of hydrogen-bond donors (Lipinski definition) is 1. The molecule has 0 bridgehead atoms. The number of ether oxygens (including phenoxy) is 1. The third-order valence-corrected chi connectivity index (χ3v) is 5.10. The molecule has 148 valence electrons. The Morgan fingerprint density at radius 2 is 1.68 bits per heavy atom. The maximum Gasteiger partial charge on any atom is 0.347 e. The van der Waals surface area contributed by atoms with E-state index in [-0.39, 0.29) is 5.78 Å². The second-order valence-electron chi connectivity index (χ2n) is 7.23. The van der Waals surface area contributed by atoms with E-state index in [1.807, 2.05) is 56.5 Å². The topological polar surface area (TPSA) is 63.6 Å². The molecule has 2 aromatic carbocycles. The van der Waals surface area contributed by atoms with E-state index in [2.05, 4.69) is 0 Å². The van der Waals surface area contributed by atoms with Crippen LogP contribution in [0, 0.1) is 13.8 Å². The van der Waals surface area contributed by atoms with Crippen molar-refractivity contribution in [2.45, 2.75) is 44.6 Å². The van der Waals surface area contributed by atoms with Gasteiger partial charge >= 0.3 is 5.97 Å². The number of aryl methyl sites for hydroxylation is 2. The molecule has 5 heteroatoms. The average molecular weight is 399 g/mol. The van der Waals surface area contributed by atoms with Crippen molar-refractivity contribution in [3.05, 3.63) is 64.7 Å². The minimum atomic E-state index is -1.31. The van der Waals surface area contributed by atoms with Gasteiger partial charge in [0, 0.05) is 11.3 Å². The zero-order valence-corrected chi connectivity index (χ0v) is 17.7. The number of carboxylic acids is 1. The summed E-state index contributed by atoms with van der Waals surface area (Å²) in [5.41, 5.74) is 2.21. The number of carbonyl (C=O) groups is 2. The van der Waals surface area contributed by atoms with Crippen LogP contribution in [0.15, 0.2) is 47.4 Å². The standard InChI is InChI=1S/C23H26O4S/c1-15-12-18(13-16(2)21(15)27-23(3,4)22(25)26)6-9-19(24)14-17-7-10-20(28-5)11-8-17/h6-13H,14H2,1-5H3,(H,25,26)/b9-6+. The molecule has 0 atom stereocenters. The fourth-order valence-corrected chi connectivity index (χ4v) is 3.14. The van der Waals surface area contributed by atoms with Gasteiger partial charge in [0.2, 0.25) is 0 Å². The Labute approximate surface area is 170 Å². The van der Waals surface area contributed by atoms with Crippen LogP contribution in [-0.2, 0) is 16.0 Å². The highest BCUT2D eigenvalue weighted by Crippen LogP contribution is 2.29. The molecule has 0 fully saturated rings. The Hall–Kier alpha value is -2.53. The third-order valence-electron chi connectivity index (χ3n) is 4.35. The van der Waals surface area contributed by atoms with Crippen LogP contribution >= 0.6 is 11.8 Å². The Kier molecular flexibility index (Phi) is 7.08. The number of thioether (sulfide) groups is 1. The van der Waals surface area contributed by atoms with E-state index in [4.69, 9.17) is 4.74 Å². The first-order valence-electron chi connectivity index (χ1n) is 9.00. The van der Waals surface area contributed by atoms with Crippen molar-refractivity contribution in [2.24, 2.45) is 0 Å². The van der Waals surface area contributed by atoms with Gasteiger partial charge < -0.3 is 9.84 Å². The summed E-state index contributed by atoms with van der Waals surface area (Å²) in [6.07, 6.45) is 5.74. The fraction of sp³-hybridized carbons (Fsp3) is 0.304. The Balaban J connectivity index is 2.11. The molecule has 0 saturated carbocycles. The normalized spacial score (nSPS) is 11.6. The van der Waals surface area contributed by atoms with Crippen molar-refractivity contribution >= 4 is 29.6 Å². The van der Waals surface area contributed by atoms with Gasteiger partial charge in [-0.3, -0.25) is 4.79 Å². The van der Waals surface area contributed by atoms with E-state index >= 15 is 0 Å². The highest BCUT2D eigenvalue weighted by atomic mass is 32.2. The summed E-state index contributed by atoms with van der Waals surface area (Å²) in [5.74, 6) is -0.435. The number of hydrogen-bond acceptors (Lipinski definition) is 4. The van der Waals surface area contributed by atoms with Crippen molar-refractivity contribution in [3.63, 3.8) is 0 Å². The summed E-state index contributed by atoms with van der Waals surface area (Å²) < 4.78 is 5.71. The Bertz CT molecular complexity index is 872. The van der Waals surface area contributed by atoms with Crippen LogP contribution in [0.3, 0.4) is 0 Å². The maximum absolute atomic E-state index is 12.3. The molecular weight excluding hydrogens is 372 g/mol. The molecule has 0 unspecified atom stereocenters. The van der Waals surface area contributed by atoms with Gasteiger partial charge in [0.15, 0.2) is 11.4 Å². The molecular formula is C23H26O4S. The van der Waals surface area contributed by atoms with Gasteiger partial charge in [-0.15, -0.1) is 11.8 Å². The van der Waals surface area contributed by atoms with Crippen LogP contribution in [-0.4, -0.2) is 28.7 Å². The number of allylic oxidation sites excluding steroid dienone is 1. The lowest BCUT2D eigenvalue weighted by Crippen LogP contribution is -2.38. The number of aliphatic carboxylic acids is 1. The van der Waals surface area contributed by atoms with Crippen molar-refractivity contribution < 1.29 is 19.4 Å². The molecule has 0 saturated heterocycles. The van der Waals surface area contributed by atoms with E-state index in [1.54, 1.807) is 23.9 Å². The van der Waals surface area contributed by atoms with Crippen LogP contribution in [0.4, 0.5) is 0 Å². The summed E-state index contributed by atoms with van der Waals surface area (Å²) in [4.78, 5) is 24.7. The lowest BCUT2D eigenvalue weighted by Gasteiger charge is -2.24. The van der Waals surface area contributed by atoms with Gasteiger partial charge in [-0.25, -0.2) is 4.79 Å². The van der Waals surface area contributed by atoms with Gasteiger partial charge in [0.25, 0.3) is 0 Å². The first-order chi connectivity index (χ1) is 13.1. The zero-order chi connectivity index (χ0) is 20.9. The van der Waals surface area contributed by atoms with Crippen LogP contribution in [0.25, 0.3) is 6.08 Å². The second kappa shape index (κ2) is 9.11. The zero-order valence-electron chi connectivity index (χ0n) is 16.9. The molecule has 0 amide bonds. The van der Waals surface area contributed by atoms with Crippen LogP contribution in [0.5, 0.6) is 5.75 Å². The van der Waals surface area contributed by atoms with Gasteiger partial charge in [-0.1, -0.05) is 18.2 Å². The molecule has 0 aliphatic heterocycles. The summed E-state index contributed by atoms with van der Waals surface area (Å²) in [6.45, 7) is 6.78. The van der Waals surface area contributed by atoms with E-state index in [1.165, 1.54) is 18.7 Å². The minimum absolute atomic E-state index is 0.0274. The Morgan fingerprint density at radius 3 is 2.18 bits per heavy atom. The predicted octanol–water partition coefficient (Wildman–Crippen LogP) is 5.09. The number of carboxylic acid groups (broad SMARTS) is 1. The molecule has 0 radical (unpaired) electrons. The SMILES string of the molecule is CSc1ccc(CC(=O)/C=C/c2cc(C)c(OC(C)(C)C(=O)O)c(C)c2)cc1. The molecule has 0 aliphatic carbocycles. The minimum Gasteiger partial charge on any atom is -0.478 e. The van der Waals surface area contributed by atoms with Crippen LogP contribution in [0.1, 0.15) is 36.1 Å². The third kappa shape index (κ3) is 5.73. The van der Waals surface area contributed by atoms with Crippen molar-refractivity contribution in [1.29, 1.82) is 0 Å². The number of benzene rings is 2. The first-order valence-corrected chi connectivity index (χ1v) is 10.2. The highest BCUT2D eigenvalue weighted by molar-refractivity contribution is 7.98. The lowest BCUT2D eigenvalue weighted by atomic mass is 10.0. The second-order valence-corrected chi connectivity index (χ2v) is 8.11. The van der Waals surface area contributed by atoms with E-state index in [9.17, 15) is 14.7 Å². The van der Waals surface area contributed by atoms with Gasteiger partial charge in [-0.05, 0) is 86.5 Å². The quantitative estimate of drug-likeness (QED) is 0.495. The lowest BCUT2D eigenvalue weighted by molar-refractivity contribution is -0.152. The van der Waals surface area contributed by atoms with Crippen LogP contribution in [0.2, 0.25) is 0 Å². The van der Waals surface area contributed by atoms with Crippen molar-refractivity contribution in [2.75, 3.05) is 6.26 Å². The molecule has 28 heavy (non-hydrogen) atoms. The molecule has 1 N–H and O–H groups in total. The predicted molar refractivity (Wildman–Crippen MR) is 114 cm³/mol. The molecule has 2 rings (SSSR count). The fourth-order valence-electron chi connectivity index (χ4n) is 2.73. The van der Waals surface area contributed by atoms with E-state index in [0.29, 0.717) is 12.2 Å². The van der Waals surface area contributed by atoms with E-state index in [0.717, 1.165) is 22.3 Å². The van der Waals surface area contributed by atoms with Crippen molar-refractivity contribution in [1.82, 2.24) is 0 Å². The smallest absolute Gasteiger partial charge is 0.347 e. The number of carbonyl (C=O) groups excluding carboxylic acids is 1. The summed E-state index contributed by atoms with van der Waals surface area (Å²) in [7, 11) is 0. The largest absolute Gasteiger partial charge is 0.478 e. The molecule has 0 spiro atoms. The van der Waals surface area contributed by atoms with Crippen molar-refractivity contribution in [3.8, 4) is 5.75 Å². The molecule has 0 aliphatic rings. The van der Waals surface area contributed by atoms with Gasteiger partial charge in [0.1, 0.15) is 5.75 Å². The molecule has 2 aromatic rings. The molecule has 4 nitrogen and oxygen atoms in total. The number of ketones is 1. The molecule has 0 aromatic heterocycles. The highest BCUT2D eigenvalue weighted by Gasteiger charge is 2.30. The molecule has 0 heterocycles. The monoisotopic (exact) mass is 398 g/mol. The first kappa shape index (κ1) is 21.8. The van der Waals surface area contributed by atoms with Crippen LogP contribution < -0.4 is 4.74 Å². The van der Waals surface area contributed by atoms with Gasteiger partial charge in [0.05, 0.1) is 0 Å². The maximum atomic E-state index is 12.3. The number of rotatable bonds is 8. The average Bonchev–Trinajstić information content (AvgIpc) is 2.63.